The van der Waals surface area contributed by atoms with Crippen molar-refractivity contribution in [3.05, 3.63) is 42.4 Å². The summed E-state index contributed by atoms with van der Waals surface area (Å²) >= 11 is 0. The molecule has 1 aliphatic carbocycles. The zero-order valence-electron chi connectivity index (χ0n) is 20.2. The molecule has 2 fully saturated rings. The Kier molecular flexibility index (Phi) is 5.62. The van der Waals surface area contributed by atoms with Crippen LogP contribution in [0.4, 0.5) is 5.82 Å². The molecule has 0 unspecified atom stereocenters. The van der Waals surface area contributed by atoms with Gasteiger partial charge < -0.3 is 20.1 Å². The Morgan fingerprint density at radius 3 is 2.74 bits per heavy atom. The summed E-state index contributed by atoms with van der Waals surface area (Å²) < 4.78 is 3.92. The van der Waals surface area contributed by atoms with Crippen LogP contribution in [-0.4, -0.2) is 92.7 Å². The molecule has 182 valence electrons. The van der Waals surface area contributed by atoms with Gasteiger partial charge in [0.2, 0.25) is 0 Å². The molecule has 0 bridgehead atoms. The SMILES string of the molecule is CNc1cc(-c2cn(CCN3CCN(C)CC3)c3ncccc23)nc2c(C(=O)NC3CC3)cnn12. The summed E-state index contributed by atoms with van der Waals surface area (Å²) in [5.41, 5.74) is 3.78. The second-order valence-electron chi connectivity index (χ2n) is 9.57. The first-order chi connectivity index (χ1) is 17.1. The van der Waals surface area contributed by atoms with E-state index in [0.717, 1.165) is 80.2 Å². The molecule has 1 aliphatic heterocycles. The molecule has 4 aromatic rings. The average molecular weight is 474 g/mol. The first-order valence-corrected chi connectivity index (χ1v) is 12.3. The molecule has 4 aromatic heterocycles. The third-order valence-corrected chi connectivity index (χ3v) is 7.05. The minimum absolute atomic E-state index is 0.120. The Morgan fingerprint density at radius 2 is 1.97 bits per heavy atom. The van der Waals surface area contributed by atoms with Gasteiger partial charge in [0.05, 0.1) is 11.9 Å². The molecule has 0 aromatic carbocycles. The molecule has 35 heavy (non-hydrogen) atoms. The van der Waals surface area contributed by atoms with Crippen molar-refractivity contribution in [2.45, 2.75) is 25.4 Å². The van der Waals surface area contributed by atoms with Crippen LogP contribution in [0.5, 0.6) is 0 Å². The minimum Gasteiger partial charge on any atom is -0.373 e. The van der Waals surface area contributed by atoms with Crippen molar-refractivity contribution >= 4 is 28.4 Å². The van der Waals surface area contributed by atoms with Crippen molar-refractivity contribution in [2.75, 3.05) is 52.1 Å². The number of fused-ring (bicyclic) bond motifs is 2. The van der Waals surface area contributed by atoms with Crippen molar-refractivity contribution in [3.8, 4) is 11.3 Å². The molecule has 2 N–H and O–H groups in total. The van der Waals surface area contributed by atoms with E-state index >= 15 is 0 Å². The van der Waals surface area contributed by atoms with Gasteiger partial charge in [-0.3, -0.25) is 9.69 Å². The van der Waals surface area contributed by atoms with E-state index in [-0.39, 0.29) is 11.9 Å². The van der Waals surface area contributed by atoms with E-state index < -0.39 is 0 Å². The normalized spacial score (nSPS) is 17.3. The monoisotopic (exact) mass is 473 g/mol. The first-order valence-electron chi connectivity index (χ1n) is 12.3. The lowest BCUT2D eigenvalue weighted by Gasteiger charge is -2.32. The lowest BCUT2D eigenvalue weighted by atomic mass is 10.1. The smallest absolute Gasteiger partial charge is 0.256 e. The maximum atomic E-state index is 12.8. The highest BCUT2D eigenvalue weighted by molar-refractivity contribution is 6.01. The van der Waals surface area contributed by atoms with Gasteiger partial charge in [0, 0.05) is 81.8 Å². The third kappa shape index (κ3) is 4.23. The summed E-state index contributed by atoms with van der Waals surface area (Å²) in [7, 11) is 4.03. The van der Waals surface area contributed by atoms with Crippen molar-refractivity contribution in [2.24, 2.45) is 0 Å². The first kappa shape index (κ1) is 22.0. The van der Waals surface area contributed by atoms with Crippen LogP contribution in [0.1, 0.15) is 23.2 Å². The number of hydrogen-bond acceptors (Lipinski definition) is 7. The second-order valence-corrected chi connectivity index (χ2v) is 9.57. The highest BCUT2D eigenvalue weighted by Crippen LogP contribution is 2.31. The molecule has 0 spiro atoms. The number of pyridine rings is 1. The second kappa shape index (κ2) is 8.94. The Bertz CT molecular complexity index is 1380. The summed E-state index contributed by atoms with van der Waals surface area (Å²) in [5, 5.41) is 11.7. The maximum Gasteiger partial charge on any atom is 0.256 e. The summed E-state index contributed by atoms with van der Waals surface area (Å²) in [6, 6.07) is 6.30. The van der Waals surface area contributed by atoms with Gasteiger partial charge in [-0.2, -0.15) is 9.61 Å². The fraction of sp³-hybridized carbons (Fsp3) is 0.440. The Morgan fingerprint density at radius 1 is 1.14 bits per heavy atom. The topological polar surface area (TPSA) is 95.6 Å². The molecule has 5 heterocycles. The highest BCUT2D eigenvalue weighted by atomic mass is 16.1. The maximum absolute atomic E-state index is 12.8. The van der Waals surface area contributed by atoms with Crippen LogP contribution in [0.3, 0.4) is 0 Å². The lowest BCUT2D eigenvalue weighted by molar-refractivity contribution is 0.0952. The largest absolute Gasteiger partial charge is 0.373 e. The number of hydrogen-bond donors (Lipinski definition) is 2. The van der Waals surface area contributed by atoms with Gasteiger partial charge >= 0.3 is 0 Å². The van der Waals surface area contributed by atoms with Crippen molar-refractivity contribution in [1.29, 1.82) is 0 Å². The minimum atomic E-state index is -0.120. The Balaban J connectivity index is 1.37. The van der Waals surface area contributed by atoms with Crippen LogP contribution in [0.25, 0.3) is 27.9 Å². The van der Waals surface area contributed by atoms with Crippen LogP contribution in [0.15, 0.2) is 36.8 Å². The molecule has 10 heteroatoms. The molecular formula is C25H31N9O. The fourth-order valence-electron chi connectivity index (χ4n) is 4.75. The Hall–Kier alpha value is -3.50. The molecule has 1 amide bonds. The van der Waals surface area contributed by atoms with Gasteiger partial charge in [0.25, 0.3) is 5.91 Å². The summed E-state index contributed by atoms with van der Waals surface area (Å²) in [6.45, 7) is 6.23. The molecule has 0 radical (unpaired) electrons. The molecule has 1 saturated heterocycles. The van der Waals surface area contributed by atoms with Gasteiger partial charge in [0.1, 0.15) is 17.0 Å². The zero-order chi connectivity index (χ0) is 23.9. The quantitative estimate of drug-likeness (QED) is 0.423. The van der Waals surface area contributed by atoms with Crippen LogP contribution in [0.2, 0.25) is 0 Å². The number of carbonyl (C=O) groups is 1. The van der Waals surface area contributed by atoms with E-state index in [1.54, 1.807) is 10.7 Å². The number of nitrogens with one attached hydrogen (secondary N) is 2. The van der Waals surface area contributed by atoms with Crippen LogP contribution < -0.4 is 10.6 Å². The molecule has 10 nitrogen and oxygen atoms in total. The van der Waals surface area contributed by atoms with Crippen molar-refractivity contribution in [1.82, 2.24) is 39.3 Å². The highest BCUT2D eigenvalue weighted by Gasteiger charge is 2.26. The van der Waals surface area contributed by atoms with E-state index in [1.165, 1.54) is 0 Å². The lowest BCUT2D eigenvalue weighted by Crippen LogP contribution is -2.45. The summed E-state index contributed by atoms with van der Waals surface area (Å²) in [5.74, 6) is 0.656. The number of anilines is 1. The fourth-order valence-corrected chi connectivity index (χ4v) is 4.75. The number of aromatic nitrogens is 5. The van der Waals surface area contributed by atoms with Crippen LogP contribution in [-0.2, 0) is 6.54 Å². The third-order valence-electron chi connectivity index (χ3n) is 7.05. The number of likely N-dealkylation sites (N-methyl/N-ethyl adjacent to an activating group) is 1. The van der Waals surface area contributed by atoms with Gasteiger partial charge in [-0.1, -0.05) is 0 Å². The number of nitrogens with zero attached hydrogens (tertiary/aromatic N) is 7. The van der Waals surface area contributed by atoms with Crippen LogP contribution in [0, 0.1) is 0 Å². The van der Waals surface area contributed by atoms with Gasteiger partial charge in [-0.25, -0.2) is 9.97 Å². The summed E-state index contributed by atoms with van der Waals surface area (Å²) in [6.07, 6.45) is 7.65. The molecular weight excluding hydrogens is 442 g/mol. The number of rotatable bonds is 7. The van der Waals surface area contributed by atoms with Gasteiger partial charge in [-0.05, 0) is 32.0 Å². The van der Waals surface area contributed by atoms with E-state index in [1.807, 2.05) is 25.4 Å². The van der Waals surface area contributed by atoms with Gasteiger partial charge in [0.15, 0.2) is 5.65 Å². The van der Waals surface area contributed by atoms with Crippen molar-refractivity contribution < 1.29 is 4.79 Å². The molecule has 2 aliphatic rings. The van der Waals surface area contributed by atoms with E-state index in [4.69, 9.17) is 9.97 Å². The average Bonchev–Trinajstić information content (AvgIpc) is 3.46. The predicted octanol–water partition coefficient (Wildman–Crippen LogP) is 1.93. The number of amides is 1. The standard InChI is InChI=1S/C25H31N9O/c1-26-22-14-21(30-24-19(15-28-34(22)24)25(35)29-17-5-6-17)20-16-33(23-18(20)4-3-7-27-23)13-12-32-10-8-31(2)9-11-32/h3-4,7,14-17,26H,5-6,8-13H2,1-2H3,(H,29,35). The molecule has 6 rings (SSSR count). The van der Waals surface area contributed by atoms with Crippen molar-refractivity contribution in [3.63, 3.8) is 0 Å². The number of piperazine rings is 1. The molecule has 1 saturated carbocycles. The molecule has 0 atom stereocenters. The Labute approximate surface area is 203 Å². The van der Waals surface area contributed by atoms with E-state index in [0.29, 0.717) is 11.2 Å². The number of carbonyl (C=O) groups excluding carboxylic acids is 1. The van der Waals surface area contributed by atoms with Gasteiger partial charge in [-0.15, -0.1) is 0 Å². The van der Waals surface area contributed by atoms with E-state index in [9.17, 15) is 4.79 Å². The zero-order valence-corrected chi connectivity index (χ0v) is 20.2. The van der Waals surface area contributed by atoms with E-state index in [2.05, 4.69) is 49.4 Å². The van der Waals surface area contributed by atoms with Crippen LogP contribution >= 0.6 is 0 Å². The predicted molar refractivity (Wildman–Crippen MR) is 136 cm³/mol. The summed E-state index contributed by atoms with van der Waals surface area (Å²) in [4.78, 5) is 27.3.